The summed E-state index contributed by atoms with van der Waals surface area (Å²) in [5.74, 6) is 0.947. The molecular weight excluding hydrogens is 300 g/mol. The average molecular weight is 335 g/mol. The van der Waals surface area contributed by atoms with E-state index in [0.717, 1.165) is 44.9 Å². The third-order valence-corrected chi connectivity index (χ3v) is 6.54. The number of nitrogens with zero attached hydrogens (tertiary/aromatic N) is 3. The first-order valence-corrected chi connectivity index (χ1v) is 10.2. The second kappa shape index (κ2) is 6.83. The summed E-state index contributed by atoms with van der Waals surface area (Å²) in [7, 11) is 0. The van der Waals surface area contributed by atoms with Gasteiger partial charge in [0, 0.05) is 56.9 Å². The number of nitrogens with one attached hydrogen (secondary N) is 1. The van der Waals surface area contributed by atoms with Gasteiger partial charge in [0.05, 0.1) is 0 Å². The predicted molar refractivity (Wildman–Crippen MR) is 96.1 cm³/mol. The molecule has 136 valence electrons. The SMILES string of the molecule is CC(C)N1C2CCC1CN(C(=O)NC1CCN(CC3CC3)C1)CC2. The van der Waals surface area contributed by atoms with Crippen molar-refractivity contribution in [2.75, 3.05) is 32.7 Å². The number of hydrogen-bond acceptors (Lipinski definition) is 3. The zero-order valence-corrected chi connectivity index (χ0v) is 15.4. The number of hydrogen-bond donors (Lipinski definition) is 1. The molecule has 1 saturated carbocycles. The van der Waals surface area contributed by atoms with Crippen molar-refractivity contribution in [1.29, 1.82) is 0 Å². The van der Waals surface area contributed by atoms with Gasteiger partial charge in [0.25, 0.3) is 0 Å². The Kier molecular flexibility index (Phi) is 4.74. The van der Waals surface area contributed by atoms with Crippen molar-refractivity contribution in [3.05, 3.63) is 0 Å². The highest BCUT2D eigenvalue weighted by molar-refractivity contribution is 5.74. The van der Waals surface area contributed by atoms with Crippen LogP contribution >= 0.6 is 0 Å². The van der Waals surface area contributed by atoms with Crippen LogP contribution in [0.5, 0.6) is 0 Å². The van der Waals surface area contributed by atoms with Gasteiger partial charge < -0.3 is 15.1 Å². The van der Waals surface area contributed by atoms with E-state index >= 15 is 0 Å². The largest absolute Gasteiger partial charge is 0.334 e. The third kappa shape index (κ3) is 3.57. The van der Waals surface area contributed by atoms with Crippen LogP contribution < -0.4 is 5.32 Å². The van der Waals surface area contributed by atoms with Gasteiger partial charge in [0.2, 0.25) is 0 Å². The van der Waals surface area contributed by atoms with Crippen molar-refractivity contribution in [2.45, 2.75) is 76.5 Å². The van der Waals surface area contributed by atoms with E-state index in [1.165, 1.54) is 32.2 Å². The number of likely N-dealkylation sites (tertiary alicyclic amines) is 2. The normalized spacial score (nSPS) is 34.8. The molecule has 4 rings (SSSR count). The van der Waals surface area contributed by atoms with Crippen LogP contribution in [0.15, 0.2) is 0 Å². The molecule has 0 aromatic heterocycles. The summed E-state index contributed by atoms with van der Waals surface area (Å²) in [5.41, 5.74) is 0. The van der Waals surface area contributed by atoms with E-state index in [4.69, 9.17) is 0 Å². The molecule has 3 unspecified atom stereocenters. The maximum absolute atomic E-state index is 12.8. The van der Waals surface area contributed by atoms with Crippen LogP contribution in [0.4, 0.5) is 4.79 Å². The Morgan fingerprint density at radius 3 is 2.54 bits per heavy atom. The summed E-state index contributed by atoms with van der Waals surface area (Å²) in [6.45, 7) is 9.91. The summed E-state index contributed by atoms with van der Waals surface area (Å²) in [6.07, 6.45) is 7.66. The number of carbonyl (C=O) groups excluding carboxylic acids is 1. The quantitative estimate of drug-likeness (QED) is 0.856. The maximum Gasteiger partial charge on any atom is 0.317 e. The van der Waals surface area contributed by atoms with Gasteiger partial charge in [-0.15, -0.1) is 0 Å². The van der Waals surface area contributed by atoms with Crippen molar-refractivity contribution in [1.82, 2.24) is 20.0 Å². The second-order valence-corrected chi connectivity index (χ2v) is 8.80. The first-order valence-electron chi connectivity index (χ1n) is 10.2. The van der Waals surface area contributed by atoms with Gasteiger partial charge in [-0.3, -0.25) is 4.90 Å². The summed E-state index contributed by atoms with van der Waals surface area (Å²) in [4.78, 5) is 20.1. The fourth-order valence-corrected chi connectivity index (χ4v) is 5.19. The van der Waals surface area contributed by atoms with Gasteiger partial charge in [-0.1, -0.05) is 0 Å². The average Bonchev–Trinajstić information content (AvgIpc) is 3.12. The molecule has 1 N–H and O–H groups in total. The summed E-state index contributed by atoms with van der Waals surface area (Å²) in [5, 5.41) is 3.33. The molecule has 3 atom stereocenters. The molecule has 2 bridgehead atoms. The summed E-state index contributed by atoms with van der Waals surface area (Å²) < 4.78 is 0. The van der Waals surface area contributed by atoms with Gasteiger partial charge >= 0.3 is 6.03 Å². The lowest BCUT2D eigenvalue weighted by molar-refractivity contribution is 0.146. The minimum atomic E-state index is 0.185. The Balaban J connectivity index is 1.29. The van der Waals surface area contributed by atoms with E-state index in [9.17, 15) is 4.79 Å². The molecule has 4 fully saturated rings. The van der Waals surface area contributed by atoms with E-state index < -0.39 is 0 Å². The minimum absolute atomic E-state index is 0.185. The topological polar surface area (TPSA) is 38.8 Å². The molecule has 0 aromatic carbocycles. The van der Waals surface area contributed by atoms with Gasteiger partial charge in [0.1, 0.15) is 0 Å². The van der Waals surface area contributed by atoms with E-state index in [2.05, 4.69) is 33.9 Å². The lowest BCUT2D eigenvalue weighted by Gasteiger charge is -2.32. The molecule has 4 aliphatic rings. The molecule has 2 amide bonds. The van der Waals surface area contributed by atoms with Crippen molar-refractivity contribution < 1.29 is 4.79 Å². The molecule has 3 saturated heterocycles. The molecule has 0 aromatic rings. The van der Waals surface area contributed by atoms with Crippen LogP contribution in [0.2, 0.25) is 0 Å². The van der Waals surface area contributed by atoms with Crippen molar-refractivity contribution in [2.24, 2.45) is 5.92 Å². The fourth-order valence-electron chi connectivity index (χ4n) is 5.19. The van der Waals surface area contributed by atoms with E-state index in [0.29, 0.717) is 24.2 Å². The standard InChI is InChI=1S/C19H34N4O/c1-14(2)23-17-5-6-18(23)13-22(10-8-17)19(24)20-16-7-9-21(12-16)11-15-3-4-15/h14-18H,3-13H2,1-2H3,(H,20,24). The van der Waals surface area contributed by atoms with Gasteiger partial charge in [0.15, 0.2) is 0 Å². The van der Waals surface area contributed by atoms with Gasteiger partial charge in [-0.2, -0.15) is 0 Å². The molecule has 1 aliphatic carbocycles. The second-order valence-electron chi connectivity index (χ2n) is 8.80. The smallest absolute Gasteiger partial charge is 0.317 e. The number of rotatable bonds is 4. The Hall–Kier alpha value is -0.810. The third-order valence-electron chi connectivity index (χ3n) is 6.54. The van der Waals surface area contributed by atoms with Gasteiger partial charge in [-0.05, 0) is 58.3 Å². The highest BCUT2D eigenvalue weighted by Crippen LogP contribution is 2.32. The first-order chi connectivity index (χ1) is 11.6. The van der Waals surface area contributed by atoms with Crippen LogP contribution in [0.3, 0.4) is 0 Å². The molecular formula is C19H34N4O. The molecule has 3 heterocycles. The lowest BCUT2D eigenvalue weighted by Crippen LogP contribution is -2.49. The summed E-state index contributed by atoms with van der Waals surface area (Å²) in [6, 6.07) is 2.39. The number of urea groups is 1. The Labute approximate surface area is 146 Å². The Bertz CT molecular complexity index is 464. The maximum atomic E-state index is 12.8. The van der Waals surface area contributed by atoms with Crippen LogP contribution in [0, 0.1) is 5.92 Å². The van der Waals surface area contributed by atoms with E-state index in [1.54, 1.807) is 0 Å². The molecule has 5 heteroatoms. The monoisotopic (exact) mass is 334 g/mol. The zero-order chi connectivity index (χ0) is 16.7. The van der Waals surface area contributed by atoms with Crippen LogP contribution in [0.25, 0.3) is 0 Å². The van der Waals surface area contributed by atoms with E-state index in [-0.39, 0.29) is 6.03 Å². The van der Waals surface area contributed by atoms with Crippen LogP contribution in [-0.2, 0) is 0 Å². The molecule has 0 spiro atoms. The predicted octanol–water partition coefficient (Wildman–Crippen LogP) is 2.13. The zero-order valence-electron chi connectivity index (χ0n) is 15.4. The van der Waals surface area contributed by atoms with Crippen molar-refractivity contribution in [3.8, 4) is 0 Å². The number of amides is 2. The highest BCUT2D eigenvalue weighted by atomic mass is 16.2. The Morgan fingerprint density at radius 2 is 1.79 bits per heavy atom. The van der Waals surface area contributed by atoms with Crippen LogP contribution in [-0.4, -0.2) is 77.6 Å². The minimum Gasteiger partial charge on any atom is -0.334 e. The van der Waals surface area contributed by atoms with E-state index in [1.807, 2.05) is 0 Å². The summed E-state index contributed by atoms with van der Waals surface area (Å²) >= 11 is 0. The fraction of sp³-hybridized carbons (Fsp3) is 0.947. The van der Waals surface area contributed by atoms with Gasteiger partial charge in [-0.25, -0.2) is 4.79 Å². The lowest BCUT2D eigenvalue weighted by atomic mass is 10.1. The first kappa shape index (κ1) is 16.6. The Morgan fingerprint density at radius 1 is 1.00 bits per heavy atom. The van der Waals surface area contributed by atoms with Crippen molar-refractivity contribution in [3.63, 3.8) is 0 Å². The van der Waals surface area contributed by atoms with Crippen molar-refractivity contribution >= 4 is 6.03 Å². The molecule has 3 aliphatic heterocycles. The molecule has 24 heavy (non-hydrogen) atoms. The van der Waals surface area contributed by atoms with Crippen LogP contribution in [0.1, 0.15) is 52.4 Å². The number of fused-ring (bicyclic) bond motifs is 2. The number of carbonyl (C=O) groups is 1. The molecule has 5 nitrogen and oxygen atoms in total. The highest BCUT2D eigenvalue weighted by Gasteiger charge is 2.40. The molecule has 0 radical (unpaired) electrons.